The van der Waals surface area contributed by atoms with Crippen LogP contribution >= 0.6 is 0 Å². The molecule has 1 aliphatic rings. The maximum Gasteiger partial charge on any atom is 0.351 e. The Morgan fingerprint density at radius 1 is 0.930 bits per heavy atom. The number of carbonyl (C=O) groups is 4. The molecule has 0 fully saturated rings. The topological polar surface area (TPSA) is 150 Å². The fraction of sp³-hybridized carbons (Fsp3) is 0.273. The third-order valence-electron chi connectivity index (χ3n) is 7.32. The SMILES string of the molecule is CC(C)C1C(=O)N(CC(=O)[C@@H](Cc2ccccc2)C(N)(O)C(=O)O)C(c2ccccc2)=CN1C(=O)COc1ccccc1. The number of hydrogen-bond donors (Lipinski definition) is 3. The molecule has 0 aromatic heterocycles. The summed E-state index contributed by atoms with van der Waals surface area (Å²) in [5.74, 6) is -4.94. The summed E-state index contributed by atoms with van der Waals surface area (Å²) in [6, 6.07) is 25.2. The van der Waals surface area contributed by atoms with Gasteiger partial charge in [-0.3, -0.25) is 20.1 Å². The van der Waals surface area contributed by atoms with Crippen LogP contribution in [0.25, 0.3) is 5.70 Å². The first-order valence-electron chi connectivity index (χ1n) is 13.9. The summed E-state index contributed by atoms with van der Waals surface area (Å²) in [7, 11) is 0. The van der Waals surface area contributed by atoms with Gasteiger partial charge in [-0.2, -0.15) is 0 Å². The van der Waals surface area contributed by atoms with E-state index in [4.69, 9.17) is 10.5 Å². The molecule has 0 saturated heterocycles. The number of rotatable bonds is 12. The van der Waals surface area contributed by atoms with Gasteiger partial charge in [-0.1, -0.05) is 92.7 Å². The lowest BCUT2D eigenvalue weighted by molar-refractivity contribution is -0.168. The fourth-order valence-corrected chi connectivity index (χ4v) is 5.03. The van der Waals surface area contributed by atoms with E-state index in [1.807, 2.05) is 6.07 Å². The first-order chi connectivity index (χ1) is 20.5. The number of benzene rings is 3. The van der Waals surface area contributed by atoms with E-state index in [1.165, 1.54) is 16.0 Å². The van der Waals surface area contributed by atoms with Crippen molar-refractivity contribution < 1.29 is 34.1 Å². The van der Waals surface area contributed by atoms with Gasteiger partial charge in [0.15, 0.2) is 12.4 Å². The van der Waals surface area contributed by atoms with Crippen LogP contribution in [0.5, 0.6) is 5.75 Å². The van der Waals surface area contributed by atoms with Gasteiger partial charge in [-0.25, -0.2) is 4.79 Å². The predicted molar refractivity (Wildman–Crippen MR) is 159 cm³/mol. The molecule has 2 amide bonds. The number of aliphatic hydroxyl groups is 1. The van der Waals surface area contributed by atoms with Gasteiger partial charge in [0.05, 0.1) is 18.2 Å². The largest absolute Gasteiger partial charge is 0.484 e. The predicted octanol–water partition coefficient (Wildman–Crippen LogP) is 2.92. The van der Waals surface area contributed by atoms with Gasteiger partial charge < -0.3 is 24.7 Å². The molecule has 3 aromatic rings. The number of carboxylic acid groups (broad SMARTS) is 1. The van der Waals surface area contributed by atoms with E-state index in [9.17, 15) is 29.4 Å². The Morgan fingerprint density at radius 3 is 2.05 bits per heavy atom. The number of ether oxygens (including phenoxy) is 1. The van der Waals surface area contributed by atoms with Crippen LogP contribution in [-0.2, 0) is 25.6 Å². The quantitative estimate of drug-likeness (QED) is 0.275. The monoisotopic (exact) mass is 585 g/mol. The minimum absolute atomic E-state index is 0.166. The summed E-state index contributed by atoms with van der Waals surface area (Å²) < 4.78 is 5.67. The van der Waals surface area contributed by atoms with Crippen molar-refractivity contribution in [3.8, 4) is 5.75 Å². The standard InChI is InChI=1S/C33H35N3O7/c1-22(2)30-31(39)35(20-28(37)26(33(34,42)32(40)41)18-23-12-6-3-7-13-23)27(24-14-8-4-9-15-24)19-36(30)29(38)21-43-25-16-10-5-11-17-25/h3-17,19,22,26,30,42H,18,20-21,34H2,1-2H3,(H,40,41)/t26-,30?,33?/m1/s1. The molecule has 1 aliphatic heterocycles. The number of nitrogens with zero attached hydrogens (tertiary/aromatic N) is 2. The molecule has 4 rings (SSSR count). The van der Waals surface area contributed by atoms with Crippen LogP contribution in [0, 0.1) is 11.8 Å². The van der Waals surface area contributed by atoms with Crippen molar-refractivity contribution in [2.75, 3.05) is 13.2 Å². The van der Waals surface area contributed by atoms with Gasteiger partial charge in [-0.05, 0) is 35.6 Å². The summed E-state index contributed by atoms with van der Waals surface area (Å²) in [6.45, 7) is 2.67. The first kappa shape index (κ1) is 31.1. The lowest BCUT2D eigenvalue weighted by atomic mass is 9.85. The Morgan fingerprint density at radius 2 is 1.49 bits per heavy atom. The number of carboxylic acids is 1. The number of amides is 2. The lowest BCUT2D eigenvalue weighted by Crippen LogP contribution is -2.60. The molecule has 3 aromatic carbocycles. The summed E-state index contributed by atoms with van der Waals surface area (Å²) >= 11 is 0. The van der Waals surface area contributed by atoms with Crippen LogP contribution in [0.4, 0.5) is 0 Å². The molecule has 3 atom stereocenters. The summed E-state index contributed by atoms with van der Waals surface area (Å²) in [6.07, 6.45) is 1.35. The molecular weight excluding hydrogens is 550 g/mol. The highest BCUT2D eigenvalue weighted by Gasteiger charge is 2.47. The van der Waals surface area contributed by atoms with Crippen LogP contribution in [-0.4, -0.2) is 68.5 Å². The molecule has 43 heavy (non-hydrogen) atoms. The van der Waals surface area contributed by atoms with Crippen molar-refractivity contribution in [3.05, 3.63) is 108 Å². The highest BCUT2D eigenvalue weighted by Crippen LogP contribution is 2.31. The average Bonchev–Trinajstić information content (AvgIpc) is 3.00. The molecule has 224 valence electrons. The smallest absolute Gasteiger partial charge is 0.351 e. The van der Waals surface area contributed by atoms with E-state index in [-0.39, 0.29) is 24.6 Å². The van der Waals surface area contributed by atoms with E-state index < -0.39 is 47.8 Å². The molecular formula is C33H35N3O7. The van der Waals surface area contributed by atoms with Gasteiger partial charge in [-0.15, -0.1) is 0 Å². The fourth-order valence-electron chi connectivity index (χ4n) is 5.03. The molecule has 0 saturated carbocycles. The Bertz CT molecular complexity index is 1470. The number of carbonyl (C=O) groups excluding carboxylic acids is 3. The van der Waals surface area contributed by atoms with Crippen LogP contribution < -0.4 is 10.5 Å². The van der Waals surface area contributed by atoms with Crippen molar-refractivity contribution in [1.82, 2.24) is 9.80 Å². The Balaban J connectivity index is 1.71. The van der Waals surface area contributed by atoms with Crippen molar-refractivity contribution in [2.45, 2.75) is 32.0 Å². The zero-order chi connectivity index (χ0) is 31.1. The van der Waals surface area contributed by atoms with Crippen LogP contribution in [0.2, 0.25) is 0 Å². The van der Waals surface area contributed by atoms with Gasteiger partial charge in [0, 0.05) is 6.20 Å². The van der Waals surface area contributed by atoms with Gasteiger partial charge in [0.2, 0.25) is 5.72 Å². The van der Waals surface area contributed by atoms with Crippen LogP contribution in [0.3, 0.4) is 0 Å². The van der Waals surface area contributed by atoms with E-state index in [1.54, 1.807) is 98.8 Å². The van der Waals surface area contributed by atoms with Crippen molar-refractivity contribution in [1.29, 1.82) is 0 Å². The van der Waals surface area contributed by atoms with Gasteiger partial charge in [0.1, 0.15) is 11.8 Å². The minimum atomic E-state index is -2.89. The Kier molecular flexibility index (Phi) is 9.74. The van der Waals surface area contributed by atoms with Crippen molar-refractivity contribution in [3.63, 3.8) is 0 Å². The average molecular weight is 586 g/mol. The summed E-state index contributed by atoms with van der Waals surface area (Å²) in [4.78, 5) is 55.9. The normalized spacial score (nSPS) is 17.2. The van der Waals surface area contributed by atoms with E-state index in [2.05, 4.69) is 0 Å². The molecule has 0 spiro atoms. The Labute approximate surface area is 250 Å². The maximum absolute atomic E-state index is 14.1. The number of Topliss-reactive ketones (excluding diaryl/α,β-unsaturated/α-hetero) is 1. The maximum atomic E-state index is 14.1. The van der Waals surface area contributed by atoms with E-state index in [0.717, 1.165) is 0 Å². The lowest BCUT2D eigenvalue weighted by Gasteiger charge is -2.41. The molecule has 2 unspecified atom stereocenters. The van der Waals surface area contributed by atoms with Crippen molar-refractivity contribution in [2.24, 2.45) is 17.6 Å². The minimum Gasteiger partial charge on any atom is -0.484 e. The van der Waals surface area contributed by atoms with Gasteiger partial charge in [0.25, 0.3) is 11.8 Å². The molecule has 0 aliphatic carbocycles. The zero-order valence-electron chi connectivity index (χ0n) is 24.0. The first-order valence-corrected chi connectivity index (χ1v) is 13.9. The number of hydrogen-bond acceptors (Lipinski definition) is 7. The van der Waals surface area contributed by atoms with Crippen LogP contribution in [0.15, 0.2) is 97.2 Å². The molecule has 10 nitrogen and oxygen atoms in total. The molecule has 0 bridgehead atoms. The van der Waals surface area contributed by atoms with Gasteiger partial charge >= 0.3 is 5.97 Å². The van der Waals surface area contributed by atoms with E-state index in [0.29, 0.717) is 16.9 Å². The second-order valence-electron chi connectivity index (χ2n) is 10.7. The van der Waals surface area contributed by atoms with Crippen molar-refractivity contribution >= 4 is 29.3 Å². The number of ketones is 1. The van der Waals surface area contributed by atoms with Crippen LogP contribution in [0.1, 0.15) is 25.0 Å². The number of para-hydroxylation sites is 1. The second-order valence-corrected chi connectivity index (χ2v) is 10.7. The third-order valence-corrected chi connectivity index (χ3v) is 7.32. The summed E-state index contributed by atoms with van der Waals surface area (Å²) in [5, 5.41) is 20.4. The zero-order valence-corrected chi connectivity index (χ0v) is 24.0. The third kappa shape index (κ3) is 7.17. The van der Waals surface area contributed by atoms with E-state index >= 15 is 0 Å². The molecule has 4 N–H and O–H groups in total. The molecule has 10 heteroatoms. The summed E-state index contributed by atoms with van der Waals surface area (Å²) in [5.41, 5.74) is 4.31. The highest BCUT2D eigenvalue weighted by molar-refractivity contribution is 6.01. The Hall–Kier alpha value is -4.80. The number of aliphatic carboxylic acids is 1. The molecule has 0 radical (unpaired) electrons. The molecule has 1 heterocycles. The number of nitrogens with two attached hydrogens (primary N) is 1. The highest BCUT2D eigenvalue weighted by atomic mass is 16.5. The second kappa shape index (κ2) is 13.5.